The molecule has 0 amide bonds. The van der Waals surface area contributed by atoms with Crippen LogP contribution in [0.3, 0.4) is 0 Å². The van der Waals surface area contributed by atoms with Crippen molar-refractivity contribution in [1.29, 1.82) is 0 Å². The fourth-order valence-electron chi connectivity index (χ4n) is 1.02. The van der Waals surface area contributed by atoms with Crippen LogP contribution in [0.4, 0.5) is 0 Å². The van der Waals surface area contributed by atoms with Gasteiger partial charge in [-0.1, -0.05) is 6.92 Å². The van der Waals surface area contributed by atoms with Crippen molar-refractivity contribution in [3.8, 4) is 0 Å². The average Bonchev–Trinajstić information content (AvgIpc) is 2.17. The molecule has 0 saturated heterocycles. The summed E-state index contributed by atoms with van der Waals surface area (Å²) in [5.74, 6) is 0.968. The van der Waals surface area contributed by atoms with Gasteiger partial charge in [0.25, 0.3) is 0 Å². The summed E-state index contributed by atoms with van der Waals surface area (Å²) in [7, 11) is 4.29. The molecule has 0 aromatic rings. The fraction of sp³-hybridized carbons (Fsp3) is 1.00. The lowest BCUT2D eigenvalue weighted by atomic mass is 10.5. The van der Waals surface area contributed by atoms with Gasteiger partial charge >= 0.3 is 0 Å². The zero-order valence-corrected chi connectivity index (χ0v) is 5.31. The van der Waals surface area contributed by atoms with Crippen LogP contribution in [0.25, 0.3) is 0 Å². The molecule has 1 heteroatoms. The minimum atomic E-state index is 0.903. The third kappa shape index (κ3) is 0.942. The fourth-order valence-corrected chi connectivity index (χ4v) is 1.02. The largest absolute Gasteiger partial charge is 0.306 e. The van der Waals surface area contributed by atoms with Gasteiger partial charge in [0.2, 0.25) is 0 Å². The van der Waals surface area contributed by atoms with Crippen LogP contribution < -0.4 is 0 Å². The Morgan fingerprint density at radius 3 is 1.86 bits per heavy atom. The summed E-state index contributed by atoms with van der Waals surface area (Å²) in [6, 6.07) is 0.903. The molecular formula is C6H13N. The maximum Gasteiger partial charge on any atom is 0.0118 e. The zero-order valence-electron chi connectivity index (χ0n) is 5.31. The molecule has 0 heterocycles. The monoisotopic (exact) mass is 99.1 g/mol. The number of nitrogens with zero attached hydrogens (tertiary/aromatic N) is 1. The molecule has 1 nitrogen and oxygen atoms in total. The van der Waals surface area contributed by atoms with Crippen molar-refractivity contribution in [2.45, 2.75) is 19.4 Å². The van der Waals surface area contributed by atoms with Gasteiger partial charge in [0.05, 0.1) is 0 Å². The molecule has 42 valence electrons. The van der Waals surface area contributed by atoms with Crippen LogP contribution >= 0.6 is 0 Å². The molecule has 0 N–H and O–H groups in total. The molecule has 1 aliphatic carbocycles. The first-order valence-corrected chi connectivity index (χ1v) is 2.88. The maximum absolute atomic E-state index is 2.30. The molecule has 1 aliphatic rings. The van der Waals surface area contributed by atoms with Crippen molar-refractivity contribution in [3.63, 3.8) is 0 Å². The second-order valence-corrected chi connectivity index (χ2v) is 2.74. The van der Waals surface area contributed by atoms with Crippen LogP contribution in [0.1, 0.15) is 13.3 Å². The Balaban J connectivity index is 2.20. The molecule has 1 rings (SSSR count). The molecule has 1 fully saturated rings. The topological polar surface area (TPSA) is 3.24 Å². The summed E-state index contributed by atoms with van der Waals surface area (Å²) in [5, 5.41) is 0. The van der Waals surface area contributed by atoms with Gasteiger partial charge in [-0.2, -0.15) is 0 Å². The number of hydrogen-bond acceptors (Lipinski definition) is 1. The predicted octanol–water partition coefficient (Wildman–Crippen LogP) is 0.956. The highest BCUT2D eigenvalue weighted by molar-refractivity contribution is 4.88. The van der Waals surface area contributed by atoms with E-state index in [2.05, 4.69) is 25.9 Å². The lowest BCUT2D eigenvalue weighted by molar-refractivity contribution is 0.382. The van der Waals surface area contributed by atoms with Crippen molar-refractivity contribution in [3.05, 3.63) is 0 Å². The SMILES string of the molecule is C[C@H]1CC1N(C)C. The third-order valence-corrected chi connectivity index (χ3v) is 1.73. The van der Waals surface area contributed by atoms with Gasteiger partial charge in [0, 0.05) is 6.04 Å². The lowest BCUT2D eigenvalue weighted by Crippen LogP contribution is -2.14. The van der Waals surface area contributed by atoms with Crippen molar-refractivity contribution >= 4 is 0 Å². The van der Waals surface area contributed by atoms with Crippen LogP contribution in [-0.2, 0) is 0 Å². The van der Waals surface area contributed by atoms with E-state index in [0.29, 0.717) is 0 Å². The Morgan fingerprint density at radius 1 is 1.43 bits per heavy atom. The van der Waals surface area contributed by atoms with Crippen LogP contribution in [0.15, 0.2) is 0 Å². The summed E-state index contributed by atoms with van der Waals surface area (Å²) in [5.41, 5.74) is 0. The molecule has 0 aliphatic heterocycles. The molecule has 0 spiro atoms. The molecular weight excluding hydrogens is 86.1 g/mol. The van der Waals surface area contributed by atoms with Gasteiger partial charge in [0.1, 0.15) is 0 Å². The van der Waals surface area contributed by atoms with Gasteiger partial charge in [-0.15, -0.1) is 0 Å². The number of hydrogen-bond donors (Lipinski definition) is 0. The van der Waals surface area contributed by atoms with E-state index in [4.69, 9.17) is 0 Å². The van der Waals surface area contributed by atoms with E-state index >= 15 is 0 Å². The smallest absolute Gasteiger partial charge is 0.0118 e. The van der Waals surface area contributed by atoms with Crippen molar-refractivity contribution in [2.24, 2.45) is 5.92 Å². The first-order chi connectivity index (χ1) is 3.22. The summed E-state index contributed by atoms with van der Waals surface area (Å²) >= 11 is 0. The first kappa shape index (κ1) is 5.10. The van der Waals surface area contributed by atoms with Gasteiger partial charge < -0.3 is 4.90 Å². The Kier molecular flexibility index (Phi) is 1.08. The Morgan fingerprint density at radius 2 is 1.86 bits per heavy atom. The van der Waals surface area contributed by atoms with Gasteiger partial charge in [-0.05, 0) is 26.4 Å². The molecule has 0 aromatic heterocycles. The van der Waals surface area contributed by atoms with Crippen LogP contribution in [0.5, 0.6) is 0 Å². The van der Waals surface area contributed by atoms with E-state index in [0.717, 1.165) is 12.0 Å². The molecule has 0 radical (unpaired) electrons. The van der Waals surface area contributed by atoms with Crippen LogP contribution in [0.2, 0.25) is 0 Å². The molecule has 2 atom stereocenters. The van der Waals surface area contributed by atoms with E-state index in [1.54, 1.807) is 0 Å². The standard InChI is InChI=1S/C6H13N/c1-5-4-6(5)7(2)3/h5-6H,4H2,1-3H3/t5-,6?/m0/s1. The Labute approximate surface area is 45.3 Å². The molecule has 0 bridgehead atoms. The van der Waals surface area contributed by atoms with E-state index < -0.39 is 0 Å². The number of rotatable bonds is 1. The highest BCUT2D eigenvalue weighted by Gasteiger charge is 2.33. The average molecular weight is 99.2 g/mol. The van der Waals surface area contributed by atoms with Crippen molar-refractivity contribution in [1.82, 2.24) is 4.90 Å². The third-order valence-electron chi connectivity index (χ3n) is 1.73. The van der Waals surface area contributed by atoms with Crippen molar-refractivity contribution < 1.29 is 0 Å². The normalized spacial score (nSPS) is 39.4. The molecule has 1 saturated carbocycles. The van der Waals surface area contributed by atoms with Crippen molar-refractivity contribution in [2.75, 3.05) is 14.1 Å². The second-order valence-electron chi connectivity index (χ2n) is 2.74. The molecule has 1 unspecified atom stereocenters. The second kappa shape index (κ2) is 1.48. The van der Waals surface area contributed by atoms with Crippen LogP contribution in [-0.4, -0.2) is 25.0 Å². The highest BCUT2D eigenvalue weighted by Crippen LogP contribution is 2.32. The first-order valence-electron chi connectivity index (χ1n) is 2.88. The lowest BCUT2D eigenvalue weighted by Gasteiger charge is -2.05. The highest BCUT2D eigenvalue weighted by atomic mass is 15.1. The molecule has 0 aromatic carbocycles. The Hall–Kier alpha value is -0.0400. The predicted molar refractivity (Wildman–Crippen MR) is 31.3 cm³/mol. The quantitative estimate of drug-likeness (QED) is 0.473. The maximum atomic E-state index is 2.30. The minimum Gasteiger partial charge on any atom is -0.306 e. The van der Waals surface area contributed by atoms with Gasteiger partial charge in [0.15, 0.2) is 0 Å². The zero-order chi connectivity index (χ0) is 5.44. The van der Waals surface area contributed by atoms with Gasteiger partial charge in [-0.25, -0.2) is 0 Å². The summed E-state index contributed by atoms with van der Waals surface area (Å²) in [6.07, 6.45) is 1.41. The van der Waals surface area contributed by atoms with E-state index in [9.17, 15) is 0 Å². The summed E-state index contributed by atoms with van der Waals surface area (Å²) in [4.78, 5) is 2.30. The van der Waals surface area contributed by atoms with Gasteiger partial charge in [-0.3, -0.25) is 0 Å². The Bertz CT molecular complexity index is 68.6. The van der Waals surface area contributed by atoms with E-state index in [-0.39, 0.29) is 0 Å². The summed E-state index contributed by atoms with van der Waals surface area (Å²) < 4.78 is 0. The summed E-state index contributed by atoms with van der Waals surface area (Å²) in [6.45, 7) is 2.30. The van der Waals surface area contributed by atoms with E-state index in [1.165, 1.54) is 6.42 Å². The minimum absolute atomic E-state index is 0.903. The molecule has 7 heavy (non-hydrogen) atoms. The van der Waals surface area contributed by atoms with Crippen LogP contribution in [0, 0.1) is 5.92 Å². The van der Waals surface area contributed by atoms with E-state index in [1.807, 2.05) is 0 Å².